The van der Waals surface area contributed by atoms with E-state index < -0.39 is 0 Å². The molecule has 0 amide bonds. The second-order valence-corrected chi connectivity index (χ2v) is 4.20. The third-order valence-electron chi connectivity index (χ3n) is 3.55. The molecular weight excluding hydrogens is 192 g/mol. The van der Waals surface area contributed by atoms with E-state index in [4.69, 9.17) is 4.74 Å². The van der Waals surface area contributed by atoms with Crippen molar-refractivity contribution in [1.29, 1.82) is 0 Å². The maximum absolute atomic E-state index is 11.6. The number of fused-ring (bicyclic) bond motifs is 1. The second-order valence-electron chi connectivity index (χ2n) is 4.20. The standard InChI is InChI=1S/C12H16O3/c1-3-7-5-6-9-10(8(7)4-2)12(14)15-11(9)13/h9-10H,3-6H2,1-2H3. The number of hydrogen-bond donors (Lipinski definition) is 0. The smallest absolute Gasteiger partial charge is 0.321 e. The zero-order valence-electron chi connectivity index (χ0n) is 9.21. The minimum atomic E-state index is -0.326. The first kappa shape index (κ1) is 10.4. The summed E-state index contributed by atoms with van der Waals surface area (Å²) in [6, 6.07) is 0. The Labute approximate surface area is 89.5 Å². The van der Waals surface area contributed by atoms with E-state index in [-0.39, 0.29) is 23.8 Å². The Morgan fingerprint density at radius 3 is 2.53 bits per heavy atom. The van der Waals surface area contributed by atoms with Crippen molar-refractivity contribution < 1.29 is 14.3 Å². The summed E-state index contributed by atoms with van der Waals surface area (Å²) in [4.78, 5) is 23.0. The van der Waals surface area contributed by atoms with Gasteiger partial charge in [0.15, 0.2) is 0 Å². The van der Waals surface area contributed by atoms with E-state index in [1.807, 2.05) is 6.92 Å². The van der Waals surface area contributed by atoms with Gasteiger partial charge in [0, 0.05) is 0 Å². The maximum atomic E-state index is 11.6. The Bertz CT molecular complexity index is 341. The highest BCUT2D eigenvalue weighted by Crippen LogP contribution is 2.42. The molecule has 1 fully saturated rings. The lowest BCUT2D eigenvalue weighted by Gasteiger charge is -2.25. The molecule has 0 radical (unpaired) electrons. The summed E-state index contributed by atoms with van der Waals surface area (Å²) in [6.07, 6.45) is 3.56. The number of allylic oxidation sites excluding steroid dienone is 1. The van der Waals surface area contributed by atoms with Gasteiger partial charge < -0.3 is 4.74 Å². The first-order valence-corrected chi connectivity index (χ1v) is 5.65. The van der Waals surface area contributed by atoms with Gasteiger partial charge in [0.25, 0.3) is 0 Å². The predicted molar refractivity (Wildman–Crippen MR) is 54.9 cm³/mol. The van der Waals surface area contributed by atoms with E-state index in [1.54, 1.807) is 0 Å². The summed E-state index contributed by atoms with van der Waals surface area (Å²) in [5, 5.41) is 0. The molecule has 1 aliphatic carbocycles. The molecule has 2 rings (SSSR count). The van der Waals surface area contributed by atoms with Crippen molar-refractivity contribution in [2.24, 2.45) is 11.8 Å². The summed E-state index contributed by atoms with van der Waals surface area (Å²) >= 11 is 0. The number of carbonyl (C=O) groups excluding carboxylic acids is 2. The van der Waals surface area contributed by atoms with Crippen LogP contribution in [0.15, 0.2) is 11.1 Å². The third kappa shape index (κ3) is 1.50. The van der Waals surface area contributed by atoms with Crippen molar-refractivity contribution in [2.75, 3.05) is 0 Å². The van der Waals surface area contributed by atoms with Crippen molar-refractivity contribution in [3.8, 4) is 0 Å². The number of hydrogen-bond acceptors (Lipinski definition) is 3. The topological polar surface area (TPSA) is 43.4 Å². The van der Waals surface area contributed by atoms with Crippen LogP contribution in [0, 0.1) is 11.8 Å². The number of rotatable bonds is 2. The molecule has 2 aliphatic rings. The second kappa shape index (κ2) is 3.80. The van der Waals surface area contributed by atoms with Gasteiger partial charge in [0.1, 0.15) is 0 Å². The molecule has 0 bridgehead atoms. The van der Waals surface area contributed by atoms with Gasteiger partial charge in [-0.15, -0.1) is 0 Å². The van der Waals surface area contributed by atoms with Gasteiger partial charge in [0.05, 0.1) is 11.8 Å². The number of esters is 2. The van der Waals surface area contributed by atoms with Crippen molar-refractivity contribution in [3.63, 3.8) is 0 Å². The summed E-state index contributed by atoms with van der Waals surface area (Å²) in [7, 11) is 0. The van der Waals surface area contributed by atoms with Gasteiger partial charge >= 0.3 is 11.9 Å². The zero-order valence-corrected chi connectivity index (χ0v) is 9.21. The molecule has 0 spiro atoms. The molecule has 3 heteroatoms. The molecule has 2 atom stereocenters. The van der Waals surface area contributed by atoms with Crippen LogP contribution in [-0.2, 0) is 14.3 Å². The fourth-order valence-electron chi connectivity index (χ4n) is 2.79. The molecule has 1 saturated heterocycles. The maximum Gasteiger partial charge on any atom is 0.321 e. The third-order valence-corrected chi connectivity index (χ3v) is 3.55. The van der Waals surface area contributed by atoms with Crippen molar-refractivity contribution >= 4 is 11.9 Å². The molecule has 0 saturated carbocycles. The average Bonchev–Trinajstić information content (AvgIpc) is 2.53. The minimum absolute atomic E-state index is 0.192. The van der Waals surface area contributed by atoms with Crippen LogP contribution in [0.1, 0.15) is 39.5 Å². The molecule has 0 aromatic carbocycles. The molecule has 15 heavy (non-hydrogen) atoms. The van der Waals surface area contributed by atoms with Gasteiger partial charge in [-0.25, -0.2) is 0 Å². The SMILES string of the molecule is CCC1=C(CC)C2C(=O)OC(=O)C2CC1. The van der Waals surface area contributed by atoms with Gasteiger partial charge in [0.2, 0.25) is 0 Å². The molecule has 82 valence electrons. The highest BCUT2D eigenvalue weighted by atomic mass is 16.6. The highest BCUT2D eigenvalue weighted by molar-refractivity contribution is 5.98. The monoisotopic (exact) mass is 208 g/mol. The zero-order chi connectivity index (χ0) is 11.0. The largest absolute Gasteiger partial charge is 0.392 e. The molecule has 1 heterocycles. The quantitative estimate of drug-likeness (QED) is 0.397. The summed E-state index contributed by atoms with van der Waals surface area (Å²) < 4.78 is 4.72. The molecule has 0 aromatic rings. The molecule has 0 N–H and O–H groups in total. The lowest BCUT2D eigenvalue weighted by atomic mass is 9.75. The lowest BCUT2D eigenvalue weighted by Crippen LogP contribution is -2.25. The van der Waals surface area contributed by atoms with E-state index >= 15 is 0 Å². The van der Waals surface area contributed by atoms with E-state index in [1.165, 1.54) is 5.57 Å². The van der Waals surface area contributed by atoms with Gasteiger partial charge in [-0.05, 0) is 25.7 Å². The highest BCUT2D eigenvalue weighted by Gasteiger charge is 2.47. The van der Waals surface area contributed by atoms with Gasteiger partial charge in [-0.1, -0.05) is 25.0 Å². The average molecular weight is 208 g/mol. The van der Waals surface area contributed by atoms with Crippen LogP contribution in [0.25, 0.3) is 0 Å². The van der Waals surface area contributed by atoms with E-state index in [0.29, 0.717) is 0 Å². The van der Waals surface area contributed by atoms with Crippen LogP contribution in [0.4, 0.5) is 0 Å². The first-order chi connectivity index (χ1) is 7.19. The van der Waals surface area contributed by atoms with Crippen LogP contribution in [0.2, 0.25) is 0 Å². The molecule has 3 nitrogen and oxygen atoms in total. The Hall–Kier alpha value is -1.12. The van der Waals surface area contributed by atoms with Crippen molar-refractivity contribution in [1.82, 2.24) is 0 Å². The predicted octanol–water partition coefficient (Wildman–Crippen LogP) is 2.21. The van der Waals surface area contributed by atoms with Gasteiger partial charge in [-0.2, -0.15) is 0 Å². The summed E-state index contributed by atoms with van der Waals surface area (Å²) in [5.41, 5.74) is 2.51. The van der Waals surface area contributed by atoms with E-state index in [2.05, 4.69) is 6.92 Å². The Morgan fingerprint density at radius 2 is 1.93 bits per heavy atom. The number of carbonyl (C=O) groups is 2. The first-order valence-electron chi connectivity index (χ1n) is 5.65. The Morgan fingerprint density at radius 1 is 1.20 bits per heavy atom. The van der Waals surface area contributed by atoms with Crippen LogP contribution in [0.5, 0.6) is 0 Å². The van der Waals surface area contributed by atoms with E-state index in [0.717, 1.165) is 31.3 Å². The Balaban J connectivity index is 2.39. The molecular formula is C12H16O3. The van der Waals surface area contributed by atoms with E-state index in [9.17, 15) is 9.59 Å². The molecule has 1 aliphatic heterocycles. The number of cyclic esters (lactones) is 2. The van der Waals surface area contributed by atoms with Crippen LogP contribution < -0.4 is 0 Å². The normalized spacial score (nSPS) is 30.5. The fourth-order valence-corrected chi connectivity index (χ4v) is 2.79. The fraction of sp³-hybridized carbons (Fsp3) is 0.667. The summed E-state index contributed by atoms with van der Waals surface area (Å²) in [5.74, 6) is -1.09. The van der Waals surface area contributed by atoms with Gasteiger partial charge in [-0.3, -0.25) is 9.59 Å². The lowest BCUT2D eigenvalue weighted by molar-refractivity contribution is -0.153. The van der Waals surface area contributed by atoms with Crippen molar-refractivity contribution in [2.45, 2.75) is 39.5 Å². The van der Waals surface area contributed by atoms with Crippen LogP contribution in [0.3, 0.4) is 0 Å². The van der Waals surface area contributed by atoms with Crippen LogP contribution >= 0.6 is 0 Å². The minimum Gasteiger partial charge on any atom is -0.392 e. The van der Waals surface area contributed by atoms with Crippen molar-refractivity contribution in [3.05, 3.63) is 11.1 Å². The summed E-state index contributed by atoms with van der Waals surface area (Å²) in [6.45, 7) is 4.15. The van der Waals surface area contributed by atoms with Crippen LogP contribution in [-0.4, -0.2) is 11.9 Å². The molecule has 0 aromatic heterocycles. The molecule has 2 unspecified atom stereocenters. The Kier molecular flexibility index (Phi) is 2.63. The number of ether oxygens (including phenoxy) is 1.